The second-order valence-corrected chi connectivity index (χ2v) is 8.22. The molecule has 0 aromatic carbocycles. The number of amides is 1. The summed E-state index contributed by atoms with van der Waals surface area (Å²) in [5, 5.41) is 4.19. The molecule has 1 aliphatic heterocycles. The number of ether oxygens (including phenoxy) is 1. The SMILES string of the molecule is CC(=O)Nc1sc2c(c1[C@@H](c1ccncc1)[NH+]1CCOCC1)CCCC2. The van der Waals surface area contributed by atoms with Crippen molar-refractivity contribution in [2.45, 2.75) is 38.6 Å². The number of nitrogens with one attached hydrogen (secondary N) is 2. The first kappa shape index (κ1) is 17.6. The fraction of sp³-hybridized carbons (Fsp3) is 0.500. The van der Waals surface area contributed by atoms with Gasteiger partial charge in [-0.05, 0) is 43.4 Å². The molecule has 26 heavy (non-hydrogen) atoms. The van der Waals surface area contributed by atoms with E-state index in [1.54, 1.807) is 18.3 Å². The average Bonchev–Trinajstić information content (AvgIpc) is 3.01. The maximum atomic E-state index is 11.9. The van der Waals surface area contributed by atoms with Crippen LogP contribution in [-0.4, -0.2) is 37.2 Å². The molecular weight excluding hydrogens is 346 g/mol. The van der Waals surface area contributed by atoms with E-state index in [2.05, 4.69) is 22.4 Å². The Hall–Kier alpha value is -1.76. The van der Waals surface area contributed by atoms with Crippen LogP contribution in [0.1, 0.15) is 47.4 Å². The Morgan fingerprint density at radius 2 is 1.96 bits per heavy atom. The summed E-state index contributed by atoms with van der Waals surface area (Å²) in [4.78, 5) is 19.1. The van der Waals surface area contributed by atoms with Gasteiger partial charge in [-0.1, -0.05) is 0 Å². The zero-order chi connectivity index (χ0) is 17.9. The van der Waals surface area contributed by atoms with Crippen LogP contribution in [0.25, 0.3) is 0 Å². The lowest BCUT2D eigenvalue weighted by atomic mass is 9.89. The predicted molar refractivity (Wildman–Crippen MR) is 103 cm³/mol. The van der Waals surface area contributed by atoms with E-state index < -0.39 is 0 Å². The van der Waals surface area contributed by atoms with Crippen molar-refractivity contribution in [3.05, 3.63) is 46.1 Å². The highest BCUT2D eigenvalue weighted by Crippen LogP contribution is 2.42. The van der Waals surface area contributed by atoms with Gasteiger partial charge in [0, 0.05) is 29.8 Å². The summed E-state index contributed by atoms with van der Waals surface area (Å²) < 4.78 is 5.61. The molecule has 1 saturated heterocycles. The van der Waals surface area contributed by atoms with E-state index in [4.69, 9.17) is 4.74 Å². The molecule has 3 heterocycles. The van der Waals surface area contributed by atoms with Crippen LogP contribution in [0.5, 0.6) is 0 Å². The molecular formula is C20H26N3O2S+. The number of aromatic nitrogens is 1. The number of morpholine rings is 1. The predicted octanol–water partition coefficient (Wildman–Crippen LogP) is 1.98. The van der Waals surface area contributed by atoms with Gasteiger partial charge in [-0.3, -0.25) is 9.78 Å². The Kier molecular flexibility index (Phi) is 5.33. The second-order valence-electron chi connectivity index (χ2n) is 7.12. The molecule has 1 atom stereocenters. The molecule has 2 N–H and O–H groups in total. The number of quaternary nitrogens is 1. The Bertz CT molecular complexity index is 769. The second kappa shape index (κ2) is 7.86. The monoisotopic (exact) mass is 372 g/mol. The summed E-state index contributed by atoms with van der Waals surface area (Å²) in [7, 11) is 0. The topological polar surface area (TPSA) is 55.7 Å². The van der Waals surface area contributed by atoms with Crippen molar-refractivity contribution in [1.29, 1.82) is 0 Å². The molecule has 138 valence electrons. The third-order valence-corrected chi connectivity index (χ3v) is 6.60. The zero-order valence-corrected chi connectivity index (χ0v) is 16.0. The van der Waals surface area contributed by atoms with Crippen LogP contribution in [0.2, 0.25) is 0 Å². The highest BCUT2D eigenvalue weighted by atomic mass is 32.1. The molecule has 5 nitrogen and oxygen atoms in total. The number of carbonyl (C=O) groups excluding carboxylic acids is 1. The minimum Gasteiger partial charge on any atom is -0.370 e. The maximum Gasteiger partial charge on any atom is 0.221 e. The maximum absolute atomic E-state index is 11.9. The molecule has 2 aromatic rings. The van der Waals surface area contributed by atoms with E-state index >= 15 is 0 Å². The van der Waals surface area contributed by atoms with Crippen molar-refractivity contribution in [2.24, 2.45) is 0 Å². The standard InChI is InChI=1S/C20H25N3O2S/c1-14(24)22-20-18(16-4-2-3-5-17(16)26-20)19(15-6-8-21-9-7-15)23-10-12-25-13-11-23/h6-9,19H,2-5,10-13H2,1H3,(H,22,24)/p+1/t19-/m1/s1. The Balaban J connectivity index is 1.84. The number of pyridine rings is 1. The van der Waals surface area contributed by atoms with E-state index in [1.165, 1.54) is 39.3 Å². The first-order chi connectivity index (χ1) is 12.7. The molecule has 1 aliphatic carbocycles. The summed E-state index contributed by atoms with van der Waals surface area (Å²) in [6, 6.07) is 4.47. The third kappa shape index (κ3) is 3.54. The Morgan fingerprint density at radius 1 is 1.23 bits per heavy atom. The molecule has 0 radical (unpaired) electrons. The number of rotatable bonds is 4. The quantitative estimate of drug-likeness (QED) is 0.863. The van der Waals surface area contributed by atoms with Crippen LogP contribution < -0.4 is 10.2 Å². The highest BCUT2D eigenvalue weighted by Gasteiger charge is 2.35. The Morgan fingerprint density at radius 3 is 2.69 bits per heavy atom. The molecule has 0 spiro atoms. The first-order valence-electron chi connectivity index (χ1n) is 9.48. The molecule has 6 heteroatoms. The summed E-state index contributed by atoms with van der Waals surface area (Å²) in [6.45, 7) is 5.15. The van der Waals surface area contributed by atoms with E-state index in [0.717, 1.165) is 44.1 Å². The fourth-order valence-electron chi connectivity index (χ4n) is 4.23. The van der Waals surface area contributed by atoms with E-state index in [9.17, 15) is 4.79 Å². The molecule has 2 aromatic heterocycles. The zero-order valence-electron chi connectivity index (χ0n) is 15.2. The van der Waals surface area contributed by atoms with Crippen molar-refractivity contribution < 1.29 is 14.4 Å². The van der Waals surface area contributed by atoms with E-state index in [0.29, 0.717) is 0 Å². The molecule has 1 amide bonds. The smallest absolute Gasteiger partial charge is 0.221 e. The van der Waals surface area contributed by atoms with Crippen molar-refractivity contribution in [1.82, 2.24) is 4.98 Å². The van der Waals surface area contributed by atoms with Gasteiger partial charge in [0.25, 0.3) is 0 Å². The number of carbonyl (C=O) groups is 1. The molecule has 4 rings (SSSR count). The lowest BCUT2D eigenvalue weighted by Crippen LogP contribution is -3.14. The van der Waals surface area contributed by atoms with Gasteiger partial charge in [-0.15, -0.1) is 11.3 Å². The van der Waals surface area contributed by atoms with Crippen molar-refractivity contribution in [3.63, 3.8) is 0 Å². The average molecular weight is 373 g/mol. The number of aryl methyl sites for hydroxylation is 1. The summed E-state index contributed by atoms with van der Waals surface area (Å²) >= 11 is 1.79. The summed E-state index contributed by atoms with van der Waals surface area (Å²) in [5.74, 6) is 0.00954. The summed E-state index contributed by atoms with van der Waals surface area (Å²) in [6.07, 6.45) is 8.48. The van der Waals surface area contributed by atoms with Gasteiger partial charge in [-0.2, -0.15) is 0 Å². The minimum atomic E-state index is 0.00954. The van der Waals surface area contributed by atoms with Gasteiger partial charge in [0.2, 0.25) is 5.91 Å². The van der Waals surface area contributed by atoms with Crippen LogP contribution in [0.3, 0.4) is 0 Å². The van der Waals surface area contributed by atoms with Gasteiger partial charge in [0.05, 0.1) is 18.8 Å². The molecule has 0 saturated carbocycles. The van der Waals surface area contributed by atoms with Gasteiger partial charge < -0.3 is 15.0 Å². The number of anilines is 1. The highest BCUT2D eigenvalue weighted by molar-refractivity contribution is 7.16. The van der Waals surface area contributed by atoms with E-state index in [-0.39, 0.29) is 11.9 Å². The van der Waals surface area contributed by atoms with Crippen molar-refractivity contribution >= 4 is 22.2 Å². The number of fused-ring (bicyclic) bond motifs is 1. The number of hydrogen-bond donors (Lipinski definition) is 2. The van der Waals surface area contributed by atoms with Crippen LogP contribution in [0, 0.1) is 0 Å². The number of nitrogens with zero attached hydrogens (tertiary/aromatic N) is 1. The third-order valence-electron chi connectivity index (χ3n) is 5.37. The molecule has 0 unspecified atom stereocenters. The Labute approximate surface area is 158 Å². The fourth-order valence-corrected chi connectivity index (χ4v) is 5.61. The largest absolute Gasteiger partial charge is 0.370 e. The number of hydrogen-bond acceptors (Lipinski definition) is 4. The van der Waals surface area contributed by atoms with Crippen LogP contribution in [0.15, 0.2) is 24.5 Å². The number of thiophene rings is 1. The molecule has 2 aliphatic rings. The summed E-state index contributed by atoms with van der Waals surface area (Å²) in [5.41, 5.74) is 4.09. The van der Waals surface area contributed by atoms with Crippen molar-refractivity contribution in [2.75, 3.05) is 31.6 Å². The normalized spacial score (nSPS) is 19.0. The van der Waals surface area contributed by atoms with Crippen LogP contribution in [0.4, 0.5) is 5.00 Å². The van der Waals surface area contributed by atoms with Crippen LogP contribution >= 0.6 is 11.3 Å². The minimum absolute atomic E-state index is 0.00954. The molecule has 0 bridgehead atoms. The first-order valence-corrected chi connectivity index (χ1v) is 10.3. The van der Waals surface area contributed by atoms with Crippen LogP contribution in [-0.2, 0) is 22.4 Å². The van der Waals surface area contributed by atoms with Gasteiger partial charge in [0.1, 0.15) is 24.1 Å². The molecule has 1 fully saturated rings. The van der Waals surface area contributed by atoms with Crippen molar-refractivity contribution in [3.8, 4) is 0 Å². The van der Waals surface area contributed by atoms with E-state index in [1.807, 2.05) is 12.4 Å². The lowest BCUT2D eigenvalue weighted by Gasteiger charge is -2.33. The lowest BCUT2D eigenvalue weighted by molar-refractivity contribution is -0.933. The van der Waals surface area contributed by atoms with Gasteiger partial charge >= 0.3 is 0 Å². The van der Waals surface area contributed by atoms with Gasteiger partial charge in [-0.25, -0.2) is 0 Å². The van der Waals surface area contributed by atoms with Gasteiger partial charge in [0.15, 0.2) is 0 Å².